The molecule has 0 saturated carbocycles. The molecule has 0 aliphatic heterocycles. The number of hydrogen-bond acceptors (Lipinski definition) is 4. The fourth-order valence-electron chi connectivity index (χ4n) is 4.64. The molecular formula is C29H33F2N3O. The van der Waals surface area contributed by atoms with Gasteiger partial charge in [-0.05, 0) is 31.2 Å². The zero-order valence-electron chi connectivity index (χ0n) is 21.0. The van der Waals surface area contributed by atoms with Crippen LogP contribution in [0.5, 0.6) is 6.01 Å². The fraction of sp³-hybridized carbons (Fsp3) is 0.414. The Kier molecular flexibility index (Phi) is 7.58. The molecule has 0 fully saturated rings. The van der Waals surface area contributed by atoms with Gasteiger partial charge in [-0.25, -0.2) is 8.78 Å². The normalized spacial score (nSPS) is 11.9. The van der Waals surface area contributed by atoms with Crippen molar-refractivity contribution < 1.29 is 13.5 Å². The van der Waals surface area contributed by atoms with E-state index in [9.17, 15) is 4.39 Å². The molecule has 0 unspecified atom stereocenters. The number of pyridine rings is 1. The van der Waals surface area contributed by atoms with E-state index in [-0.39, 0.29) is 22.6 Å². The highest BCUT2D eigenvalue weighted by Gasteiger charge is 2.25. The lowest BCUT2D eigenvalue weighted by molar-refractivity contribution is 0.126. The molecule has 184 valence electrons. The maximum atomic E-state index is 15.9. The highest BCUT2D eigenvalue weighted by molar-refractivity contribution is 5.98. The first kappa shape index (κ1) is 25.0. The first-order valence-corrected chi connectivity index (χ1v) is 12.5. The van der Waals surface area contributed by atoms with E-state index in [1.165, 1.54) is 6.07 Å². The van der Waals surface area contributed by atoms with E-state index in [2.05, 4.69) is 35.7 Å². The second kappa shape index (κ2) is 10.6. The minimum atomic E-state index is -0.603. The Labute approximate surface area is 205 Å². The summed E-state index contributed by atoms with van der Waals surface area (Å²) >= 11 is 0. The summed E-state index contributed by atoms with van der Waals surface area (Å²) in [6.45, 7) is 8.89. The van der Waals surface area contributed by atoms with E-state index >= 15 is 4.39 Å². The molecular weight excluding hydrogens is 444 g/mol. The summed E-state index contributed by atoms with van der Waals surface area (Å²) in [4.78, 5) is 13.3. The Balaban J connectivity index is 1.73. The maximum absolute atomic E-state index is 15.9. The largest absolute Gasteiger partial charge is 0.463 e. The zero-order valence-corrected chi connectivity index (χ0v) is 21.0. The molecule has 0 atom stereocenters. The lowest BCUT2D eigenvalue weighted by atomic mass is 9.81. The number of fused-ring (bicyclic) bond motifs is 2. The van der Waals surface area contributed by atoms with Gasteiger partial charge in [-0.1, -0.05) is 76.8 Å². The van der Waals surface area contributed by atoms with Crippen molar-refractivity contribution in [2.24, 2.45) is 5.41 Å². The summed E-state index contributed by atoms with van der Waals surface area (Å²) in [6, 6.07) is 10.2. The van der Waals surface area contributed by atoms with E-state index < -0.39 is 11.6 Å². The molecule has 0 N–H and O–H groups in total. The quantitative estimate of drug-likeness (QED) is 0.231. The summed E-state index contributed by atoms with van der Waals surface area (Å²) in [7, 11) is 0. The smallest absolute Gasteiger partial charge is 0.317 e. The number of unbranched alkanes of at least 4 members (excludes halogenated alkanes) is 2. The van der Waals surface area contributed by atoms with Gasteiger partial charge < -0.3 is 4.74 Å². The van der Waals surface area contributed by atoms with Crippen molar-refractivity contribution in [2.75, 3.05) is 6.61 Å². The minimum Gasteiger partial charge on any atom is -0.463 e. The van der Waals surface area contributed by atoms with Gasteiger partial charge in [-0.2, -0.15) is 9.97 Å². The number of aryl methyl sites for hydroxylation is 1. The molecule has 2 aromatic heterocycles. The summed E-state index contributed by atoms with van der Waals surface area (Å²) in [6.07, 6.45) is 8.19. The minimum absolute atomic E-state index is 0.0146. The zero-order chi connectivity index (χ0) is 25.0. The molecule has 0 bridgehead atoms. The first-order chi connectivity index (χ1) is 16.9. The van der Waals surface area contributed by atoms with Crippen molar-refractivity contribution >= 4 is 21.7 Å². The van der Waals surface area contributed by atoms with E-state index in [4.69, 9.17) is 4.74 Å². The lowest BCUT2D eigenvalue weighted by Gasteiger charge is -2.29. The van der Waals surface area contributed by atoms with Crippen LogP contribution in [0.2, 0.25) is 0 Å². The number of halogens is 2. The van der Waals surface area contributed by atoms with Gasteiger partial charge in [0.1, 0.15) is 17.0 Å². The van der Waals surface area contributed by atoms with Crippen molar-refractivity contribution in [1.29, 1.82) is 0 Å². The predicted octanol–water partition coefficient (Wildman–Crippen LogP) is 8.20. The number of rotatable bonds is 10. The highest BCUT2D eigenvalue weighted by atomic mass is 19.1. The monoisotopic (exact) mass is 477 g/mol. The molecule has 4 rings (SSSR count). The van der Waals surface area contributed by atoms with Gasteiger partial charge in [0, 0.05) is 27.9 Å². The molecule has 0 amide bonds. The second-order valence-corrected chi connectivity index (χ2v) is 9.72. The van der Waals surface area contributed by atoms with Crippen LogP contribution in [-0.2, 0) is 0 Å². The summed E-state index contributed by atoms with van der Waals surface area (Å²) < 4.78 is 36.6. The Morgan fingerprint density at radius 2 is 1.63 bits per heavy atom. The van der Waals surface area contributed by atoms with Gasteiger partial charge in [-0.3, -0.25) is 4.98 Å². The molecule has 0 aliphatic carbocycles. The molecule has 2 heterocycles. The van der Waals surface area contributed by atoms with Gasteiger partial charge in [0.25, 0.3) is 0 Å². The predicted molar refractivity (Wildman–Crippen MR) is 138 cm³/mol. The topological polar surface area (TPSA) is 47.9 Å². The Morgan fingerprint density at radius 1 is 0.943 bits per heavy atom. The Morgan fingerprint density at radius 3 is 2.31 bits per heavy atom. The van der Waals surface area contributed by atoms with Crippen molar-refractivity contribution in [3.63, 3.8) is 0 Å². The summed E-state index contributed by atoms with van der Waals surface area (Å²) in [5.74, 6) is -1.02. The van der Waals surface area contributed by atoms with Crippen molar-refractivity contribution in [2.45, 2.75) is 66.2 Å². The third-order valence-corrected chi connectivity index (χ3v) is 6.78. The van der Waals surface area contributed by atoms with E-state index in [1.54, 1.807) is 43.5 Å². The van der Waals surface area contributed by atoms with Gasteiger partial charge in [0.2, 0.25) is 0 Å². The standard InChI is InChI=1S/C29H33F2N3O/c1-5-7-15-29(4,16-8-6-2)18-35-28-33-19(3)22-17-32-26(25(31)27(22)34-28)21-13-9-11-20-12-10-14-23(30)24(20)21/h9-14,17H,5-8,15-16,18H2,1-4H3. The number of aromatic nitrogens is 3. The van der Waals surface area contributed by atoms with Crippen molar-refractivity contribution in [3.8, 4) is 17.3 Å². The molecule has 0 saturated heterocycles. The average molecular weight is 478 g/mol. The van der Waals surface area contributed by atoms with Crippen molar-refractivity contribution in [1.82, 2.24) is 15.0 Å². The van der Waals surface area contributed by atoms with Crippen LogP contribution >= 0.6 is 0 Å². The fourth-order valence-corrected chi connectivity index (χ4v) is 4.64. The van der Waals surface area contributed by atoms with Crippen molar-refractivity contribution in [3.05, 3.63) is 59.9 Å². The molecule has 0 radical (unpaired) electrons. The molecule has 4 nitrogen and oxygen atoms in total. The maximum Gasteiger partial charge on any atom is 0.317 e. The highest BCUT2D eigenvalue weighted by Crippen LogP contribution is 2.35. The second-order valence-electron chi connectivity index (χ2n) is 9.72. The van der Waals surface area contributed by atoms with Crippen LogP contribution in [0.1, 0.15) is 65.0 Å². The van der Waals surface area contributed by atoms with Crippen LogP contribution in [-0.4, -0.2) is 21.6 Å². The SMILES string of the molecule is CCCCC(C)(CCCC)COc1nc(C)c2cnc(-c3cccc4cccc(F)c34)c(F)c2n1. The van der Waals surface area contributed by atoms with Crippen LogP contribution in [0.4, 0.5) is 8.78 Å². The Hall–Kier alpha value is -3.15. The van der Waals surface area contributed by atoms with Gasteiger partial charge >= 0.3 is 6.01 Å². The summed E-state index contributed by atoms with van der Waals surface area (Å²) in [5, 5.41) is 1.54. The third kappa shape index (κ3) is 5.26. The van der Waals surface area contributed by atoms with Crippen LogP contribution in [0, 0.1) is 24.0 Å². The molecule has 2 aromatic carbocycles. The molecule has 6 heteroatoms. The molecule has 4 aromatic rings. The number of ether oxygens (including phenoxy) is 1. The number of nitrogens with zero attached hydrogens (tertiary/aromatic N) is 3. The Bertz CT molecular complexity index is 1330. The van der Waals surface area contributed by atoms with E-state index in [0.29, 0.717) is 34.0 Å². The third-order valence-electron chi connectivity index (χ3n) is 6.78. The molecule has 0 spiro atoms. The number of hydrogen-bond donors (Lipinski definition) is 0. The molecule has 35 heavy (non-hydrogen) atoms. The van der Waals surface area contributed by atoms with E-state index in [0.717, 1.165) is 38.5 Å². The van der Waals surface area contributed by atoms with Gasteiger partial charge in [-0.15, -0.1) is 0 Å². The number of benzene rings is 2. The van der Waals surface area contributed by atoms with E-state index in [1.807, 2.05) is 0 Å². The van der Waals surface area contributed by atoms with Gasteiger partial charge in [0.05, 0.1) is 12.3 Å². The van der Waals surface area contributed by atoms with Crippen LogP contribution in [0.3, 0.4) is 0 Å². The van der Waals surface area contributed by atoms with Crippen LogP contribution in [0.25, 0.3) is 32.9 Å². The summed E-state index contributed by atoms with van der Waals surface area (Å²) in [5.41, 5.74) is 1.20. The van der Waals surface area contributed by atoms with Gasteiger partial charge in [0.15, 0.2) is 5.82 Å². The van der Waals surface area contributed by atoms with Crippen LogP contribution < -0.4 is 4.74 Å². The van der Waals surface area contributed by atoms with Crippen LogP contribution in [0.15, 0.2) is 42.6 Å². The average Bonchev–Trinajstić information content (AvgIpc) is 2.86. The lowest BCUT2D eigenvalue weighted by Crippen LogP contribution is -2.26. The molecule has 0 aliphatic rings. The first-order valence-electron chi connectivity index (χ1n) is 12.5.